The summed E-state index contributed by atoms with van der Waals surface area (Å²) in [6.45, 7) is 4.10. The van der Waals surface area contributed by atoms with Crippen molar-refractivity contribution in [1.82, 2.24) is 5.32 Å². The SMILES string of the molecule is CNC(C)Cc1ccc(-c2ccc(F)cc2C)cc1. The van der Waals surface area contributed by atoms with Crippen LogP contribution >= 0.6 is 0 Å². The molecule has 2 rings (SSSR count). The number of benzene rings is 2. The molecule has 0 saturated carbocycles. The van der Waals surface area contributed by atoms with E-state index < -0.39 is 0 Å². The number of likely N-dealkylation sites (N-methyl/N-ethyl adjacent to an activating group) is 1. The molecular formula is C17H20FN. The van der Waals surface area contributed by atoms with Gasteiger partial charge in [-0.05, 0) is 61.7 Å². The van der Waals surface area contributed by atoms with Crippen LogP contribution in [0.4, 0.5) is 4.39 Å². The van der Waals surface area contributed by atoms with Gasteiger partial charge in [0.1, 0.15) is 5.82 Å². The van der Waals surface area contributed by atoms with Crippen LogP contribution in [-0.2, 0) is 6.42 Å². The van der Waals surface area contributed by atoms with E-state index in [4.69, 9.17) is 0 Å². The van der Waals surface area contributed by atoms with Crippen LogP contribution in [0.2, 0.25) is 0 Å². The molecule has 0 saturated heterocycles. The molecule has 0 spiro atoms. The number of halogens is 1. The highest BCUT2D eigenvalue weighted by molar-refractivity contribution is 5.67. The second-order valence-electron chi connectivity index (χ2n) is 5.05. The summed E-state index contributed by atoms with van der Waals surface area (Å²) in [5.74, 6) is -0.180. The van der Waals surface area contributed by atoms with E-state index >= 15 is 0 Å². The molecular weight excluding hydrogens is 237 g/mol. The van der Waals surface area contributed by atoms with Gasteiger partial charge in [-0.25, -0.2) is 4.39 Å². The first-order valence-electron chi connectivity index (χ1n) is 6.63. The first-order chi connectivity index (χ1) is 9.10. The minimum absolute atomic E-state index is 0.180. The zero-order chi connectivity index (χ0) is 13.8. The summed E-state index contributed by atoms with van der Waals surface area (Å²) >= 11 is 0. The Bertz CT molecular complexity index is 546. The molecule has 0 radical (unpaired) electrons. The first-order valence-corrected chi connectivity index (χ1v) is 6.63. The van der Waals surface area contributed by atoms with Gasteiger partial charge in [-0.1, -0.05) is 30.3 Å². The van der Waals surface area contributed by atoms with Gasteiger partial charge < -0.3 is 5.32 Å². The van der Waals surface area contributed by atoms with Crippen LogP contribution in [0.3, 0.4) is 0 Å². The molecule has 0 fully saturated rings. The van der Waals surface area contributed by atoms with Crippen LogP contribution in [0.1, 0.15) is 18.1 Å². The van der Waals surface area contributed by atoms with Crippen molar-refractivity contribution in [2.45, 2.75) is 26.3 Å². The fourth-order valence-corrected chi connectivity index (χ4v) is 2.23. The normalized spacial score (nSPS) is 12.4. The fourth-order valence-electron chi connectivity index (χ4n) is 2.23. The number of rotatable bonds is 4. The molecule has 100 valence electrons. The van der Waals surface area contributed by atoms with Crippen LogP contribution in [0, 0.1) is 12.7 Å². The van der Waals surface area contributed by atoms with E-state index in [0.717, 1.165) is 23.1 Å². The van der Waals surface area contributed by atoms with Crippen molar-refractivity contribution in [1.29, 1.82) is 0 Å². The lowest BCUT2D eigenvalue weighted by atomic mass is 9.98. The van der Waals surface area contributed by atoms with Crippen LogP contribution in [0.25, 0.3) is 11.1 Å². The van der Waals surface area contributed by atoms with E-state index in [1.165, 1.54) is 11.6 Å². The van der Waals surface area contributed by atoms with Crippen LogP contribution in [-0.4, -0.2) is 13.1 Å². The largest absolute Gasteiger partial charge is 0.317 e. The molecule has 2 aromatic rings. The van der Waals surface area contributed by atoms with Crippen LogP contribution in [0.5, 0.6) is 0 Å². The maximum Gasteiger partial charge on any atom is 0.123 e. The molecule has 0 aromatic heterocycles. The molecule has 0 heterocycles. The highest BCUT2D eigenvalue weighted by atomic mass is 19.1. The van der Waals surface area contributed by atoms with E-state index in [0.29, 0.717) is 6.04 Å². The van der Waals surface area contributed by atoms with Crippen molar-refractivity contribution in [3.05, 3.63) is 59.4 Å². The third-order valence-electron chi connectivity index (χ3n) is 3.49. The second-order valence-corrected chi connectivity index (χ2v) is 5.05. The molecule has 1 nitrogen and oxygen atoms in total. The molecule has 2 aromatic carbocycles. The molecule has 0 aliphatic carbocycles. The summed E-state index contributed by atoms with van der Waals surface area (Å²) in [5.41, 5.74) is 4.51. The summed E-state index contributed by atoms with van der Waals surface area (Å²) in [5, 5.41) is 3.23. The minimum Gasteiger partial charge on any atom is -0.317 e. The monoisotopic (exact) mass is 257 g/mol. The first kappa shape index (κ1) is 13.8. The average molecular weight is 257 g/mol. The molecule has 1 unspecified atom stereocenters. The fraction of sp³-hybridized carbons (Fsp3) is 0.294. The summed E-state index contributed by atoms with van der Waals surface area (Å²) in [6, 6.07) is 13.9. The molecule has 2 heteroatoms. The number of hydrogen-bond acceptors (Lipinski definition) is 1. The summed E-state index contributed by atoms with van der Waals surface area (Å²) < 4.78 is 13.1. The molecule has 19 heavy (non-hydrogen) atoms. The van der Waals surface area contributed by atoms with Crippen molar-refractivity contribution in [3.8, 4) is 11.1 Å². The number of aryl methyl sites for hydroxylation is 1. The highest BCUT2D eigenvalue weighted by Crippen LogP contribution is 2.24. The van der Waals surface area contributed by atoms with Crippen molar-refractivity contribution >= 4 is 0 Å². The summed E-state index contributed by atoms with van der Waals surface area (Å²) in [6.07, 6.45) is 1.01. The lowest BCUT2D eigenvalue weighted by Crippen LogP contribution is -2.23. The van der Waals surface area contributed by atoms with Crippen LogP contribution < -0.4 is 5.32 Å². The van der Waals surface area contributed by atoms with Gasteiger partial charge in [-0.2, -0.15) is 0 Å². The number of nitrogens with one attached hydrogen (secondary N) is 1. The minimum atomic E-state index is -0.180. The third kappa shape index (κ3) is 3.42. The Balaban J connectivity index is 2.22. The van der Waals surface area contributed by atoms with E-state index in [9.17, 15) is 4.39 Å². The van der Waals surface area contributed by atoms with Gasteiger partial charge >= 0.3 is 0 Å². The molecule has 0 aliphatic rings. The smallest absolute Gasteiger partial charge is 0.123 e. The van der Waals surface area contributed by atoms with Crippen LogP contribution in [0.15, 0.2) is 42.5 Å². The standard InChI is InChI=1S/C17H20FN/c1-12-10-16(18)8-9-17(12)15-6-4-14(5-7-15)11-13(2)19-3/h4-10,13,19H,11H2,1-3H3. The van der Waals surface area contributed by atoms with Crippen molar-refractivity contribution in [3.63, 3.8) is 0 Å². The predicted molar refractivity (Wildman–Crippen MR) is 78.8 cm³/mol. The molecule has 1 atom stereocenters. The maximum atomic E-state index is 13.1. The third-order valence-corrected chi connectivity index (χ3v) is 3.49. The topological polar surface area (TPSA) is 12.0 Å². The Labute approximate surface area is 114 Å². The predicted octanol–water partition coefficient (Wildman–Crippen LogP) is 3.95. The highest BCUT2D eigenvalue weighted by Gasteiger charge is 2.04. The molecule has 0 bridgehead atoms. The van der Waals surface area contributed by atoms with Gasteiger partial charge in [0.15, 0.2) is 0 Å². The van der Waals surface area contributed by atoms with Gasteiger partial charge in [0.25, 0.3) is 0 Å². The Hall–Kier alpha value is -1.67. The maximum absolute atomic E-state index is 13.1. The van der Waals surface area contributed by atoms with E-state index in [2.05, 4.69) is 36.5 Å². The van der Waals surface area contributed by atoms with Crippen molar-refractivity contribution in [2.75, 3.05) is 7.05 Å². The molecule has 1 N–H and O–H groups in total. The van der Waals surface area contributed by atoms with Crippen molar-refractivity contribution in [2.24, 2.45) is 0 Å². The number of hydrogen-bond donors (Lipinski definition) is 1. The van der Waals surface area contributed by atoms with Gasteiger partial charge in [0, 0.05) is 6.04 Å². The zero-order valence-electron chi connectivity index (χ0n) is 11.7. The molecule has 0 aliphatic heterocycles. The van der Waals surface area contributed by atoms with Gasteiger partial charge in [-0.15, -0.1) is 0 Å². The lowest BCUT2D eigenvalue weighted by Gasteiger charge is -2.11. The van der Waals surface area contributed by atoms with Gasteiger partial charge in [-0.3, -0.25) is 0 Å². The molecule has 0 amide bonds. The average Bonchev–Trinajstić information content (AvgIpc) is 2.40. The van der Waals surface area contributed by atoms with E-state index in [1.54, 1.807) is 6.07 Å². The lowest BCUT2D eigenvalue weighted by molar-refractivity contribution is 0.608. The Morgan fingerprint density at radius 3 is 2.37 bits per heavy atom. The quantitative estimate of drug-likeness (QED) is 0.874. The van der Waals surface area contributed by atoms with E-state index in [-0.39, 0.29) is 5.82 Å². The Kier molecular flexibility index (Phi) is 4.33. The van der Waals surface area contributed by atoms with Gasteiger partial charge in [0.2, 0.25) is 0 Å². The van der Waals surface area contributed by atoms with E-state index in [1.807, 2.05) is 20.0 Å². The second kappa shape index (κ2) is 5.98. The Morgan fingerprint density at radius 2 is 1.79 bits per heavy atom. The summed E-state index contributed by atoms with van der Waals surface area (Å²) in [4.78, 5) is 0. The van der Waals surface area contributed by atoms with Crippen molar-refractivity contribution < 1.29 is 4.39 Å². The van der Waals surface area contributed by atoms with Gasteiger partial charge in [0.05, 0.1) is 0 Å². The summed E-state index contributed by atoms with van der Waals surface area (Å²) in [7, 11) is 1.97. The Morgan fingerprint density at radius 1 is 1.11 bits per heavy atom. The zero-order valence-corrected chi connectivity index (χ0v) is 11.7.